The number of aryl methyl sites for hydroxylation is 1. The van der Waals surface area contributed by atoms with Crippen LogP contribution in [0.4, 0.5) is 10.1 Å². The maximum atomic E-state index is 12.3. The summed E-state index contributed by atoms with van der Waals surface area (Å²) in [6, 6.07) is 1.75. The van der Waals surface area contributed by atoms with Gasteiger partial charge in [0.05, 0.1) is 10.7 Å². The Bertz CT molecular complexity index is 833. The number of ether oxygens (including phenoxy) is 1. The van der Waals surface area contributed by atoms with Gasteiger partial charge in [0.25, 0.3) is 0 Å². The van der Waals surface area contributed by atoms with Gasteiger partial charge < -0.3 is 15.4 Å². The van der Waals surface area contributed by atoms with Crippen LogP contribution in [-0.4, -0.2) is 22.8 Å². The topological polar surface area (TPSA) is 97.4 Å². The van der Waals surface area contributed by atoms with Gasteiger partial charge in [0.2, 0.25) is 11.8 Å². The standard InChI is InChI=1S/C17H21N3O4S2/c1-9-6-12(20-15(23)17(3,4)5)26-13(9)14(22)24-7-11-8-25-16(19-11)18-10(2)21/h6,8H,7H2,1-5H3,(H,20,23)(H,18,19,21). The highest BCUT2D eigenvalue weighted by Crippen LogP contribution is 2.29. The molecule has 2 N–H and O–H groups in total. The van der Waals surface area contributed by atoms with Crippen molar-refractivity contribution in [3.8, 4) is 0 Å². The number of hydrogen-bond donors (Lipinski definition) is 2. The summed E-state index contributed by atoms with van der Waals surface area (Å²) in [5, 5.41) is 8.18. The normalized spacial score (nSPS) is 11.1. The first kappa shape index (κ1) is 20.1. The number of esters is 1. The Morgan fingerprint density at radius 2 is 1.92 bits per heavy atom. The third-order valence-corrected chi connectivity index (χ3v) is 5.15. The van der Waals surface area contributed by atoms with E-state index in [0.717, 1.165) is 5.56 Å². The molecule has 2 heterocycles. The third kappa shape index (κ3) is 5.37. The van der Waals surface area contributed by atoms with Crippen molar-refractivity contribution in [2.75, 3.05) is 10.6 Å². The first-order chi connectivity index (χ1) is 12.1. The van der Waals surface area contributed by atoms with E-state index < -0.39 is 11.4 Å². The number of hydrogen-bond acceptors (Lipinski definition) is 7. The third-order valence-electron chi connectivity index (χ3n) is 3.21. The van der Waals surface area contributed by atoms with Crippen molar-refractivity contribution in [1.29, 1.82) is 0 Å². The Balaban J connectivity index is 1.98. The monoisotopic (exact) mass is 395 g/mol. The Hall–Kier alpha value is -2.26. The lowest BCUT2D eigenvalue weighted by Gasteiger charge is -2.16. The van der Waals surface area contributed by atoms with Gasteiger partial charge in [0, 0.05) is 17.7 Å². The minimum atomic E-state index is -0.519. The summed E-state index contributed by atoms with van der Waals surface area (Å²) >= 11 is 2.44. The second kappa shape index (κ2) is 7.96. The number of carbonyl (C=O) groups excluding carboxylic acids is 3. The molecule has 0 fully saturated rings. The zero-order valence-electron chi connectivity index (χ0n) is 15.3. The molecule has 0 aliphatic rings. The van der Waals surface area contributed by atoms with Crippen molar-refractivity contribution in [3.05, 3.63) is 27.6 Å². The molecule has 0 bridgehead atoms. The van der Waals surface area contributed by atoms with Gasteiger partial charge in [-0.3, -0.25) is 9.59 Å². The van der Waals surface area contributed by atoms with Crippen LogP contribution in [-0.2, 0) is 20.9 Å². The average molecular weight is 396 g/mol. The number of carbonyl (C=O) groups is 3. The van der Waals surface area contributed by atoms with Crippen LogP contribution in [0, 0.1) is 12.3 Å². The molecule has 2 aromatic rings. The van der Waals surface area contributed by atoms with Crippen LogP contribution in [0.5, 0.6) is 0 Å². The van der Waals surface area contributed by atoms with Gasteiger partial charge in [-0.1, -0.05) is 20.8 Å². The Kier molecular flexibility index (Phi) is 6.14. The van der Waals surface area contributed by atoms with Crippen molar-refractivity contribution < 1.29 is 19.1 Å². The maximum Gasteiger partial charge on any atom is 0.349 e. The fourth-order valence-electron chi connectivity index (χ4n) is 1.83. The molecule has 26 heavy (non-hydrogen) atoms. The first-order valence-corrected chi connectivity index (χ1v) is 9.57. The van der Waals surface area contributed by atoms with Crippen LogP contribution < -0.4 is 10.6 Å². The van der Waals surface area contributed by atoms with Gasteiger partial charge >= 0.3 is 5.97 Å². The van der Waals surface area contributed by atoms with Gasteiger partial charge in [-0.05, 0) is 18.6 Å². The van der Waals surface area contributed by atoms with Crippen LogP contribution in [0.15, 0.2) is 11.4 Å². The van der Waals surface area contributed by atoms with E-state index in [1.165, 1.54) is 29.6 Å². The van der Waals surface area contributed by atoms with E-state index in [1.54, 1.807) is 18.4 Å². The number of aromatic nitrogens is 1. The number of thiazole rings is 1. The summed E-state index contributed by atoms with van der Waals surface area (Å²) in [5.41, 5.74) is 0.776. The van der Waals surface area contributed by atoms with Crippen LogP contribution >= 0.6 is 22.7 Å². The van der Waals surface area contributed by atoms with E-state index in [0.29, 0.717) is 20.7 Å². The van der Waals surface area contributed by atoms with Gasteiger partial charge in [0.1, 0.15) is 11.5 Å². The minimum absolute atomic E-state index is 0.00986. The summed E-state index contributed by atoms with van der Waals surface area (Å²) in [4.78, 5) is 40.0. The molecule has 9 heteroatoms. The van der Waals surface area contributed by atoms with Gasteiger partial charge in [-0.15, -0.1) is 22.7 Å². The molecule has 0 saturated carbocycles. The second-order valence-corrected chi connectivity index (χ2v) is 8.64. The molecular weight excluding hydrogens is 374 g/mol. The van der Waals surface area contributed by atoms with E-state index >= 15 is 0 Å². The SMILES string of the molecule is CC(=O)Nc1nc(COC(=O)c2sc(NC(=O)C(C)(C)C)cc2C)cs1. The Morgan fingerprint density at radius 1 is 1.23 bits per heavy atom. The van der Waals surface area contributed by atoms with Crippen LogP contribution in [0.3, 0.4) is 0 Å². The quantitative estimate of drug-likeness (QED) is 0.750. The molecule has 0 aromatic carbocycles. The number of anilines is 2. The smallest absolute Gasteiger partial charge is 0.349 e. The molecular formula is C17H21N3O4S2. The summed E-state index contributed by atoms with van der Waals surface area (Å²) in [7, 11) is 0. The highest BCUT2D eigenvalue weighted by atomic mass is 32.1. The summed E-state index contributed by atoms with van der Waals surface area (Å²) in [5.74, 6) is -0.800. The molecule has 0 aliphatic carbocycles. The lowest BCUT2D eigenvalue weighted by atomic mass is 9.96. The average Bonchev–Trinajstić information content (AvgIpc) is 3.10. The van der Waals surface area contributed by atoms with Crippen molar-refractivity contribution in [2.24, 2.45) is 5.41 Å². The van der Waals surface area contributed by atoms with Crippen molar-refractivity contribution in [1.82, 2.24) is 4.98 Å². The van der Waals surface area contributed by atoms with Crippen LogP contribution in [0.2, 0.25) is 0 Å². The van der Waals surface area contributed by atoms with E-state index in [-0.39, 0.29) is 18.4 Å². The lowest BCUT2D eigenvalue weighted by molar-refractivity contribution is -0.123. The van der Waals surface area contributed by atoms with Gasteiger partial charge in [-0.2, -0.15) is 0 Å². The predicted octanol–water partition coefficient (Wildman–Crippen LogP) is 3.81. The van der Waals surface area contributed by atoms with Crippen molar-refractivity contribution >= 4 is 50.6 Å². The molecule has 2 amide bonds. The molecule has 0 atom stereocenters. The first-order valence-electron chi connectivity index (χ1n) is 7.87. The van der Waals surface area contributed by atoms with Crippen molar-refractivity contribution in [3.63, 3.8) is 0 Å². The molecule has 7 nitrogen and oxygen atoms in total. The lowest BCUT2D eigenvalue weighted by Crippen LogP contribution is -2.27. The highest BCUT2D eigenvalue weighted by molar-refractivity contribution is 7.18. The molecule has 2 aromatic heterocycles. The molecule has 2 rings (SSSR count). The molecule has 140 valence electrons. The highest BCUT2D eigenvalue weighted by Gasteiger charge is 2.23. The predicted molar refractivity (Wildman–Crippen MR) is 103 cm³/mol. The second-order valence-electron chi connectivity index (χ2n) is 6.73. The largest absolute Gasteiger partial charge is 0.455 e. The summed E-state index contributed by atoms with van der Waals surface area (Å²) in [6.45, 7) is 8.66. The maximum absolute atomic E-state index is 12.3. The molecule has 0 radical (unpaired) electrons. The Morgan fingerprint density at radius 3 is 2.54 bits per heavy atom. The zero-order valence-corrected chi connectivity index (χ0v) is 16.9. The van der Waals surface area contributed by atoms with Crippen molar-refractivity contribution in [2.45, 2.75) is 41.2 Å². The van der Waals surface area contributed by atoms with E-state index in [2.05, 4.69) is 15.6 Å². The van der Waals surface area contributed by atoms with Crippen LogP contribution in [0.1, 0.15) is 48.6 Å². The fourth-order valence-corrected chi connectivity index (χ4v) is 3.53. The molecule has 0 spiro atoms. The number of rotatable bonds is 5. The number of nitrogens with one attached hydrogen (secondary N) is 2. The van der Waals surface area contributed by atoms with Gasteiger partial charge in [-0.25, -0.2) is 9.78 Å². The summed E-state index contributed by atoms with van der Waals surface area (Å²) in [6.07, 6.45) is 0. The molecule has 0 saturated heterocycles. The fraction of sp³-hybridized carbons (Fsp3) is 0.412. The van der Waals surface area contributed by atoms with E-state index in [4.69, 9.17) is 4.74 Å². The summed E-state index contributed by atoms with van der Waals surface area (Å²) < 4.78 is 5.29. The van der Waals surface area contributed by atoms with Gasteiger partial charge in [0.15, 0.2) is 5.13 Å². The molecule has 0 aliphatic heterocycles. The molecule has 0 unspecified atom stereocenters. The number of thiophene rings is 1. The van der Waals surface area contributed by atoms with E-state index in [1.807, 2.05) is 20.8 Å². The minimum Gasteiger partial charge on any atom is -0.455 e. The number of amides is 2. The van der Waals surface area contributed by atoms with Crippen LogP contribution in [0.25, 0.3) is 0 Å². The number of nitrogens with zero attached hydrogens (tertiary/aromatic N) is 1. The van der Waals surface area contributed by atoms with E-state index in [9.17, 15) is 14.4 Å². The zero-order chi connectivity index (χ0) is 19.5. The Labute approximate surface area is 159 Å².